The molecule has 0 aliphatic carbocycles. The number of rotatable bonds is 5. The zero-order chi connectivity index (χ0) is 22.7. The van der Waals surface area contributed by atoms with Crippen LogP contribution in [0.2, 0.25) is 0 Å². The summed E-state index contributed by atoms with van der Waals surface area (Å²) in [7, 11) is -3.88. The van der Waals surface area contributed by atoms with E-state index in [0.29, 0.717) is 18.8 Å². The zero-order valence-electron chi connectivity index (χ0n) is 17.5. The Labute approximate surface area is 186 Å². The van der Waals surface area contributed by atoms with Crippen LogP contribution < -0.4 is 10.2 Å². The van der Waals surface area contributed by atoms with Gasteiger partial charge in [0, 0.05) is 38.1 Å². The third-order valence-electron chi connectivity index (χ3n) is 5.34. The van der Waals surface area contributed by atoms with Gasteiger partial charge in [-0.1, -0.05) is 23.8 Å². The van der Waals surface area contributed by atoms with Gasteiger partial charge in [0.1, 0.15) is 11.6 Å². The Morgan fingerprint density at radius 3 is 2.38 bits per heavy atom. The molecule has 1 saturated heterocycles. The molecule has 0 saturated carbocycles. The molecule has 1 aliphatic heterocycles. The van der Waals surface area contributed by atoms with Crippen molar-refractivity contribution in [3.63, 3.8) is 0 Å². The van der Waals surface area contributed by atoms with E-state index in [-0.39, 0.29) is 23.5 Å². The van der Waals surface area contributed by atoms with Crippen molar-refractivity contribution in [2.45, 2.75) is 11.8 Å². The lowest BCUT2D eigenvalue weighted by Gasteiger charge is -2.34. The minimum atomic E-state index is -3.88. The van der Waals surface area contributed by atoms with Crippen LogP contribution in [0.25, 0.3) is 0 Å². The van der Waals surface area contributed by atoms with E-state index in [2.05, 4.69) is 10.3 Å². The minimum absolute atomic E-state index is 0.112. The summed E-state index contributed by atoms with van der Waals surface area (Å²) in [5.41, 5.74) is 1.20. The fraction of sp³-hybridized carbons (Fsp3) is 0.217. The fourth-order valence-corrected chi connectivity index (χ4v) is 4.97. The van der Waals surface area contributed by atoms with E-state index < -0.39 is 21.7 Å². The van der Waals surface area contributed by atoms with Crippen molar-refractivity contribution < 1.29 is 17.6 Å². The second kappa shape index (κ2) is 9.05. The topological polar surface area (TPSA) is 82.6 Å². The van der Waals surface area contributed by atoms with E-state index in [0.717, 1.165) is 23.5 Å². The van der Waals surface area contributed by atoms with Gasteiger partial charge in [0.25, 0.3) is 5.91 Å². The molecule has 4 rings (SSSR count). The van der Waals surface area contributed by atoms with E-state index >= 15 is 0 Å². The SMILES string of the molecule is Cc1ccc(NC(=O)c2cc(S(=O)(=O)N3CCN(c4ccccn4)CC3)ccc2F)cc1. The summed E-state index contributed by atoms with van der Waals surface area (Å²) in [6.45, 7) is 3.41. The average Bonchev–Trinajstić information content (AvgIpc) is 2.81. The second-order valence-corrected chi connectivity index (χ2v) is 9.48. The highest BCUT2D eigenvalue weighted by Crippen LogP contribution is 2.23. The van der Waals surface area contributed by atoms with Gasteiger partial charge in [-0.2, -0.15) is 4.31 Å². The molecular formula is C23H23FN4O3S. The van der Waals surface area contributed by atoms with Gasteiger partial charge in [-0.15, -0.1) is 0 Å². The Hall–Kier alpha value is -3.30. The molecule has 2 aromatic carbocycles. The van der Waals surface area contributed by atoms with Gasteiger partial charge in [-0.25, -0.2) is 17.8 Å². The number of hydrogen-bond acceptors (Lipinski definition) is 5. The van der Waals surface area contributed by atoms with Crippen LogP contribution >= 0.6 is 0 Å². The molecule has 1 aromatic heterocycles. The largest absolute Gasteiger partial charge is 0.354 e. The molecule has 0 radical (unpaired) electrons. The van der Waals surface area contributed by atoms with Crippen LogP contribution in [0.3, 0.4) is 0 Å². The van der Waals surface area contributed by atoms with Crippen LogP contribution in [0, 0.1) is 12.7 Å². The lowest BCUT2D eigenvalue weighted by atomic mass is 10.2. The summed E-state index contributed by atoms with van der Waals surface area (Å²) in [4.78, 5) is 18.8. The predicted molar refractivity (Wildman–Crippen MR) is 121 cm³/mol. The van der Waals surface area contributed by atoms with E-state index in [9.17, 15) is 17.6 Å². The number of piperazine rings is 1. The number of pyridine rings is 1. The van der Waals surface area contributed by atoms with Crippen LogP contribution in [0.15, 0.2) is 71.8 Å². The van der Waals surface area contributed by atoms with E-state index in [1.165, 1.54) is 10.4 Å². The number of sulfonamides is 1. The molecular weight excluding hydrogens is 431 g/mol. The van der Waals surface area contributed by atoms with E-state index in [1.54, 1.807) is 18.3 Å². The van der Waals surface area contributed by atoms with Crippen LogP contribution in [0.1, 0.15) is 15.9 Å². The van der Waals surface area contributed by atoms with E-state index in [4.69, 9.17) is 0 Å². The molecule has 1 fully saturated rings. The van der Waals surface area contributed by atoms with Crippen molar-refractivity contribution in [3.8, 4) is 0 Å². The molecule has 9 heteroatoms. The number of carbonyl (C=O) groups excluding carboxylic acids is 1. The number of anilines is 2. The highest BCUT2D eigenvalue weighted by atomic mass is 32.2. The number of hydrogen-bond donors (Lipinski definition) is 1. The van der Waals surface area contributed by atoms with Gasteiger partial charge in [-0.3, -0.25) is 4.79 Å². The number of aryl methyl sites for hydroxylation is 1. The summed E-state index contributed by atoms with van der Waals surface area (Å²) >= 11 is 0. The smallest absolute Gasteiger partial charge is 0.258 e. The highest BCUT2D eigenvalue weighted by Gasteiger charge is 2.30. The first-order chi connectivity index (χ1) is 15.3. The summed E-state index contributed by atoms with van der Waals surface area (Å²) < 4.78 is 42.0. The van der Waals surface area contributed by atoms with Crippen molar-refractivity contribution in [3.05, 3.63) is 83.8 Å². The van der Waals surface area contributed by atoms with Gasteiger partial charge in [0.15, 0.2) is 0 Å². The Morgan fingerprint density at radius 2 is 1.72 bits per heavy atom. The number of carbonyl (C=O) groups is 1. The lowest BCUT2D eigenvalue weighted by molar-refractivity contribution is 0.102. The molecule has 0 bridgehead atoms. The summed E-state index contributed by atoms with van der Waals surface area (Å²) in [6.07, 6.45) is 1.69. The molecule has 32 heavy (non-hydrogen) atoms. The highest BCUT2D eigenvalue weighted by molar-refractivity contribution is 7.89. The third kappa shape index (κ3) is 4.63. The van der Waals surface area contributed by atoms with Crippen molar-refractivity contribution in [2.24, 2.45) is 0 Å². The third-order valence-corrected chi connectivity index (χ3v) is 7.24. The second-order valence-electron chi connectivity index (χ2n) is 7.54. The van der Waals surface area contributed by atoms with Crippen LogP contribution in [-0.2, 0) is 10.0 Å². The maximum atomic E-state index is 14.4. The molecule has 0 unspecified atom stereocenters. The van der Waals surface area contributed by atoms with Gasteiger partial charge in [0.05, 0.1) is 10.5 Å². The predicted octanol–water partition coefficient (Wildman–Crippen LogP) is 3.29. The van der Waals surface area contributed by atoms with Crippen LogP contribution in [-0.4, -0.2) is 49.8 Å². The first kappa shape index (κ1) is 21.9. The maximum absolute atomic E-state index is 14.4. The number of nitrogens with zero attached hydrogens (tertiary/aromatic N) is 3. The standard InChI is InChI=1S/C23H23FN4O3S/c1-17-5-7-18(8-6-17)26-23(29)20-16-19(9-10-21(20)24)32(30,31)28-14-12-27(13-15-28)22-4-2-3-11-25-22/h2-11,16H,12-15H2,1H3,(H,26,29). The molecule has 1 amide bonds. The number of benzene rings is 2. The zero-order valence-corrected chi connectivity index (χ0v) is 18.3. The van der Waals surface area contributed by atoms with Crippen molar-refractivity contribution in [1.29, 1.82) is 0 Å². The van der Waals surface area contributed by atoms with Gasteiger partial charge in [-0.05, 0) is 49.4 Å². The number of amides is 1. The molecule has 7 nitrogen and oxygen atoms in total. The molecule has 0 atom stereocenters. The van der Waals surface area contributed by atoms with Crippen LogP contribution in [0.5, 0.6) is 0 Å². The molecule has 2 heterocycles. The Bertz CT molecular complexity index is 1210. The van der Waals surface area contributed by atoms with E-state index in [1.807, 2.05) is 42.2 Å². The van der Waals surface area contributed by atoms with Crippen molar-refractivity contribution in [2.75, 3.05) is 36.4 Å². The maximum Gasteiger partial charge on any atom is 0.258 e. The molecule has 1 N–H and O–H groups in total. The number of nitrogens with one attached hydrogen (secondary N) is 1. The first-order valence-electron chi connectivity index (χ1n) is 10.2. The first-order valence-corrected chi connectivity index (χ1v) is 11.6. The minimum Gasteiger partial charge on any atom is -0.354 e. The van der Waals surface area contributed by atoms with Crippen molar-refractivity contribution in [1.82, 2.24) is 9.29 Å². The summed E-state index contributed by atoms with van der Waals surface area (Å²) in [6, 6.07) is 15.9. The van der Waals surface area contributed by atoms with Gasteiger partial charge >= 0.3 is 0 Å². The fourth-order valence-electron chi connectivity index (χ4n) is 3.52. The van der Waals surface area contributed by atoms with Crippen LogP contribution in [0.4, 0.5) is 15.9 Å². The monoisotopic (exact) mass is 454 g/mol. The molecule has 0 spiro atoms. The summed E-state index contributed by atoms with van der Waals surface area (Å²) in [5.74, 6) is -0.696. The molecule has 166 valence electrons. The normalized spacial score (nSPS) is 14.9. The van der Waals surface area contributed by atoms with Gasteiger partial charge in [0.2, 0.25) is 10.0 Å². The lowest BCUT2D eigenvalue weighted by Crippen LogP contribution is -2.48. The summed E-state index contributed by atoms with van der Waals surface area (Å²) in [5, 5.41) is 2.61. The quantitative estimate of drug-likeness (QED) is 0.640. The number of halogens is 1. The Morgan fingerprint density at radius 1 is 1.00 bits per heavy atom. The Kier molecular flexibility index (Phi) is 6.20. The molecule has 1 aliphatic rings. The number of aromatic nitrogens is 1. The molecule has 3 aromatic rings. The van der Waals surface area contributed by atoms with Crippen molar-refractivity contribution >= 4 is 27.4 Å². The average molecular weight is 455 g/mol. The van der Waals surface area contributed by atoms with Gasteiger partial charge < -0.3 is 10.2 Å². The Balaban J connectivity index is 1.50.